The standard InChI is InChI=1S/C20H24N2O2/c1-4-22(5-2)20(24)18(16-9-7-6-8-10-16)21-19(23)17-13-11-15(3)12-14-17/h6-14,18H,4-5H2,1-3H3,(H,21,23)/t18-/m0/s1. The normalized spacial score (nSPS) is 11.6. The zero-order valence-corrected chi connectivity index (χ0v) is 14.5. The molecule has 1 atom stereocenters. The minimum atomic E-state index is -0.681. The molecule has 0 aliphatic rings. The molecule has 2 amide bonds. The number of benzene rings is 2. The van der Waals surface area contributed by atoms with Gasteiger partial charge in [-0.1, -0.05) is 48.0 Å². The molecule has 0 saturated heterocycles. The van der Waals surface area contributed by atoms with Crippen LogP contribution in [-0.2, 0) is 4.79 Å². The number of amides is 2. The van der Waals surface area contributed by atoms with Crippen molar-refractivity contribution in [3.05, 3.63) is 71.3 Å². The van der Waals surface area contributed by atoms with Crippen LogP contribution in [0, 0.1) is 6.92 Å². The molecule has 0 heterocycles. The summed E-state index contributed by atoms with van der Waals surface area (Å²) in [6.07, 6.45) is 0. The number of hydrogen-bond acceptors (Lipinski definition) is 2. The molecule has 4 nitrogen and oxygen atoms in total. The first-order valence-corrected chi connectivity index (χ1v) is 8.28. The van der Waals surface area contributed by atoms with Crippen molar-refractivity contribution in [2.45, 2.75) is 26.8 Å². The molecule has 2 aromatic rings. The number of hydrogen-bond donors (Lipinski definition) is 1. The van der Waals surface area contributed by atoms with Crippen LogP contribution >= 0.6 is 0 Å². The van der Waals surface area contributed by atoms with Gasteiger partial charge in [0.05, 0.1) is 0 Å². The van der Waals surface area contributed by atoms with E-state index >= 15 is 0 Å². The maximum atomic E-state index is 12.8. The number of nitrogens with one attached hydrogen (secondary N) is 1. The van der Waals surface area contributed by atoms with Crippen molar-refractivity contribution >= 4 is 11.8 Å². The number of rotatable bonds is 6. The molecule has 126 valence electrons. The Labute approximate surface area is 143 Å². The first-order valence-electron chi connectivity index (χ1n) is 8.28. The van der Waals surface area contributed by atoms with Crippen LogP contribution in [0.4, 0.5) is 0 Å². The highest BCUT2D eigenvalue weighted by Gasteiger charge is 2.26. The molecule has 2 aromatic carbocycles. The summed E-state index contributed by atoms with van der Waals surface area (Å²) < 4.78 is 0. The molecule has 0 fully saturated rings. The van der Waals surface area contributed by atoms with E-state index in [0.29, 0.717) is 18.7 Å². The summed E-state index contributed by atoms with van der Waals surface area (Å²) in [5.74, 6) is -0.337. The van der Waals surface area contributed by atoms with Crippen molar-refractivity contribution in [1.82, 2.24) is 10.2 Å². The van der Waals surface area contributed by atoms with E-state index in [1.807, 2.05) is 63.2 Å². The van der Waals surface area contributed by atoms with Crippen molar-refractivity contribution in [1.29, 1.82) is 0 Å². The summed E-state index contributed by atoms with van der Waals surface area (Å²) in [6, 6.07) is 16.0. The third kappa shape index (κ3) is 4.22. The predicted octanol–water partition coefficient (Wildman–Crippen LogP) is 3.33. The van der Waals surface area contributed by atoms with Crippen molar-refractivity contribution in [2.75, 3.05) is 13.1 Å². The maximum absolute atomic E-state index is 12.8. The SMILES string of the molecule is CCN(CC)C(=O)[C@@H](NC(=O)c1ccc(C)cc1)c1ccccc1. The van der Waals surface area contributed by atoms with Crippen LogP contribution in [0.5, 0.6) is 0 Å². The maximum Gasteiger partial charge on any atom is 0.252 e. The van der Waals surface area contributed by atoms with Crippen LogP contribution in [0.3, 0.4) is 0 Å². The van der Waals surface area contributed by atoms with E-state index in [1.165, 1.54) is 0 Å². The van der Waals surface area contributed by atoms with Gasteiger partial charge in [-0.3, -0.25) is 9.59 Å². The summed E-state index contributed by atoms with van der Waals surface area (Å²) in [6.45, 7) is 7.06. The number of nitrogens with zero attached hydrogens (tertiary/aromatic N) is 1. The van der Waals surface area contributed by atoms with Crippen LogP contribution in [-0.4, -0.2) is 29.8 Å². The fourth-order valence-corrected chi connectivity index (χ4v) is 2.57. The van der Waals surface area contributed by atoms with Gasteiger partial charge in [0.25, 0.3) is 5.91 Å². The summed E-state index contributed by atoms with van der Waals surface area (Å²) in [4.78, 5) is 27.1. The lowest BCUT2D eigenvalue weighted by Gasteiger charge is -2.26. The molecule has 1 N–H and O–H groups in total. The zero-order valence-electron chi connectivity index (χ0n) is 14.5. The molecule has 0 unspecified atom stereocenters. The molecule has 0 radical (unpaired) electrons. The quantitative estimate of drug-likeness (QED) is 0.886. The molecule has 2 rings (SSSR count). The molecular weight excluding hydrogens is 300 g/mol. The fraction of sp³-hybridized carbons (Fsp3) is 0.300. The lowest BCUT2D eigenvalue weighted by Crippen LogP contribution is -2.42. The van der Waals surface area contributed by atoms with E-state index in [9.17, 15) is 9.59 Å². The number of likely N-dealkylation sites (N-methyl/N-ethyl adjacent to an activating group) is 1. The van der Waals surface area contributed by atoms with Crippen LogP contribution in [0.25, 0.3) is 0 Å². The number of carbonyl (C=O) groups excluding carboxylic acids is 2. The van der Waals surface area contributed by atoms with Crippen molar-refractivity contribution in [3.63, 3.8) is 0 Å². The van der Waals surface area contributed by atoms with E-state index < -0.39 is 6.04 Å². The van der Waals surface area contributed by atoms with Gasteiger partial charge < -0.3 is 10.2 Å². The van der Waals surface area contributed by atoms with Gasteiger partial charge in [-0.15, -0.1) is 0 Å². The highest BCUT2D eigenvalue weighted by atomic mass is 16.2. The van der Waals surface area contributed by atoms with Gasteiger partial charge in [0, 0.05) is 18.7 Å². The molecule has 0 aliphatic carbocycles. The van der Waals surface area contributed by atoms with Crippen molar-refractivity contribution < 1.29 is 9.59 Å². The Hall–Kier alpha value is -2.62. The topological polar surface area (TPSA) is 49.4 Å². The summed E-state index contributed by atoms with van der Waals surface area (Å²) in [5, 5.41) is 2.89. The van der Waals surface area contributed by atoms with E-state index in [-0.39, 0.29) is 11.8 Å². The summed E-state index contributed by atoms with van der Waals surface area (Å²) in [7, 11) is 0. The second kappa shape index (κ2) is 8.29. The molecule has 0 spiro atoms. The second-order valence-corrected chi connectivity index (χ2v) is 5.69. The highest BCUT2D eigenvalue weighted by molar-refractivity contribution is 5.97. The Bertz CT molecular complexity index is 677. The number of carbonyl (C=O) groups is 2. The average molecular weight is 324 g/mol. The van der Waals surface area contributed by atoms with Gasteiger partial charge >= 0.3 is 0 Å². The summed E-state index contributed by atoms with van der Waals surface area (Å²) in [5.41, 5.74) is 2.43. The molecule has 0 aromatic heterocycles. The van der Waals surface area contributed by atoms with E-state index in [2.05, 4.69) is 5.32 Å². The fourth-order valence-electron chi connectivity index (χ4n) is 2.57. The molecule has 0 aliphatic heterocycles. The van der Waals surface area contributed by atoms with E-state index in [0.717, 1.165) is 11.1 Å². The first kappa shape index (κ1) is 17.7. The molecule has 0 bridgehead atoms. The van der Waals surface area contributed by atoms with E-state index in [1.54, 1.807) is 17.0 Å². The van der Waals surface area contributed by atoms with Gasteiger partial charge in [-0.05, 0) is 38.5 Å². The smallest absolute Gasteiger partial charge is 0.252 e. The Morgan fingerprint density at radius 2 is 1.54 bits per heavy atom. The monoisotopic (exact) mass is 324 g/mol. The lowest BCUT2D eigenvalue weighted by atomic mass is 10.0. The summed E-state index contributed by atoms with van der Waals surface area (Å²) >= 11 is 0. The van der Waals surface area contributed by atoms with Crippen molar-refractivity contribution in [3.8, 4) is 0 Å². The Kier molecular flexibility index (Phi) is 6.13. The molecule has 0 saturated carbocycles. The zero-order chi connectivity index (χ0) is 17.5. The molecular formula is C20H24N2O2. The van der Waals surface area contributed by atoms with Crippen LogP contribution in [0.2, 0.25) is 0 Å². The second-order valence-electron chi connectivity index (χ2n) is 5.69. The Morgan fingerprint density at radius 3 is 2.08 bits per heavy atom. The average Bonchev–Trinajstić information content (AvgIpc) is 2.61. The van der Waals surface area contributed by atoms with Gasteiger partial charge in [0.2, 0.25) is 5.91 Å². The Morgan fingerprint density at radius 1 is 0.958 bits per heavy atom. The minimum Gasteiger partial charge on any atom is -0.341 e. The minimum absolute atomic E-state index is 0.0911. The van der Waals surface area contributed by atoms with E-state index in [4.69, 9.17) is 0 Å². The first-order chi connectivity index (χ1) is 11.6. The van der Waals surface area contributed by atoms with Gasteiger partial charge in [-0.25, -0.2) is 0 Å². The van der Waals surface area contributed by atoms with Crippen molar-refractivity contribution in [2.24, 2.45) is 0 Å². The molecule has 4 heteroatoms. The van der Waals surface area contributed by atoms with Gasteiger partial charge in [-0.2, -0.15) is 0 Å². The van der Waals surface area contributed by atoms with Gasteiger partial charge in [0.1, 0.15) is 6.04 Å². The third-order valence-electron chi connectivity index (χ3n) is 4.04. The van der Waals surface area contributed by atoms with Crippen LogP contribution in [0.15, 0.2) is 54.6 Å². The predicted molar refractivity (Wildman–Crippen MR) is 95.8 cm³/mol. The Balaban J connectivity index is 2.27. The van der Waals surface area contributed by atoms with Crippen LogP contribution < -0.4 is 5.32 Å². The molecule has 24 heavy (non-hydrogen) atoms. The largest absolute Gasteiger partial charge is 0.341 e. The van der Waals surface area contributed by atoms with Gasteiger partial charge in [0.15, 0.2) is 0 Å². The van der Waals surface area contributed by atoms with Crippen LogP contribution in [0.1, 0.15) is 41.4 Å². The lowest BCUT2D eigenvalue weighted by molar-refractivity contribution is -0.133. The third-order valence-corrected chi connectivity index (χ3v) is 4.04. The highest BCUT2D eigenvalue weighted by Crippen LogP contribution is 2.17. The number of aryl methyl sites for hydroxylation is 1.